The Morgan fingerprint density at radius 2 is 1.56 bits per heavy atom. The third-order valence-corrected chi connectivity index (χ3v) is 6.58. The topological polar surface area (TPSA) is 69.7 Å². The monoisotopic (exact) mass is 453 g/mol. The van der Waals surface area contributed by atoms with Crippen LogP contribution in [-0.4, -0.2) is 59.0 Å². The van der Waals surface area contributed by atoms with E-state index < -0.39 is 0 Å². The SMILES string of the molecule is CC(=O)Nc1ccc(SC(C)C(=O)N2CCN(C(=O)CCCc3ccccc3)CC2)cc1. The second-order valence-electron chi connectivity index (χ2n) is 8.01. The van der Waals surface area contributed by atoms with E-state index in [2.05, 4.69) is 17.4 Å². The van der Waals surface area contributed by atoms with Crippen molar-refractivity contribution in [3.05, 3.63) is 60.2 Å². The Bertz CT molecular complexity index is 910. The normalized spacial score (nSPS) is 14.7. The molecule has 170 valence electrons. The van der Waals surface area contributed by atoms with Crippen molar-refractivity contribution in [2.24, 2.45) is 0 Å². The van der Waals surface area contributed by atoms with Gasteiger partial charge in [0.15, 0.2) is 0 Å². The maximum Gasteiger partial charge on any atom is 0.235 e. The minimum Gasteiger partial charge on any atom is -0.339 e. The second-order valence-corrected chi connectivity index (χ2v) is 9.43. The lowest BCUT2D eigenvalue weighted by atomic mass is 10.1. The number of hydrogen-bond acceptors (Lipinski definition) is 4. The van der Waals surface area contributed by atoms with Gasteiger partial charge in [0.2, 0.25) is 17.7 Å². The van der Waals surface area contributed by atoms with Crippen molar-refractivity contribution in [2.45, 2.75) is 43.3 Å². The number of nitrogens with zero attached hydrogens (tertiary/aromatic N) is 2. The number of benzene rings is 2. The summed E-state index contributed by atoms with van der Waals surface area (Å²) in [6.07, 6.45) is 2.30. The maximum atomic E-state index is 12.9. The summed E-state index contributed by atoms with van der Waals surface area (Å²) in [6.45, 7) is 5.74. The van der Waals surface area contributed by atoms with Crippen molar-refractivity contribution < 1.29 is 14.4 Å². The highest BCUT2D eigenvalue weighted by Gasteiger charge is 2.27. The average molecular weight is 454 g/mol. The number of carbonyl (C=O) groups is 3. The van der Waals surface area contributed by atoms with E-state index in [1.54, 1.807) is 0 Å². The zero-order valence-electron chi connectivity index (χ0n) is 18.8. The fraction of sp³-hybridized carbons (Fsp3) is 0.400. The number of thioether (sulfide) groups is 1. The number of amides is 3. The second kappa shape index (κ2) is 11.7. The molecule has 2 aromatic rings. The molecule has 3 amide bonds. The summed E-state index contributed by atoms with van der Waals surface area (Å²) in [5.41, 5.74) is 2.00. The predicted molar refractivity (Wildman–Crippen MR) is 129 cm³/mol. The lowest BCUT2D eigenvalue weighted by Gasteiger charge is -2.36. The van der Waals surface area contributed by atoms with Crippen LogP contribution in [0.1, 0.15) is 32.3 Å². The summed E-state index contributed by atoms with van der Waals surface area (Å²) in [5, 5.41) is 2.53. The standard InChI is InChI=1S/C25H31N3O3S/c1-19(32-23-13-11-22(12-14-23)26-20(2)29)25(31)28-17-15-27(16-18-28)24(30)10-6-9-21-7-4-3-5-8-21/h3-5,7-8,11-14,19H,6,9-10,15-18H2,1-2H3,(H,26,29). The highest BCUT2D eigenvalue weighted by Crippen LogP contribution is 2.26. The van der Waals surface area contributed by atoms with Gasteiger partial charge in [0.1, 0.15) is 0 Å². The Balaban J connectivity index is 1.40. The molecule has 3 rings (SSSR count). The van der Waals surface area contributed by atoms with Crippen LogP contribution in [0.4, 0.5) is 5.69 Å². The number of aryl methyl sites for hydroxylation is 1. The van der Waals surface area contributed by atoms with Crippen molar-refractivity contribution in [1.29, 1.82) is 0 Å². The smallest absolute Gasteiger partial charge is 0.235 e. The highest BCUT2D eigenvalue weighted by molar-refractivity contribution is 8.00. The number of anilines is 1. The maximum absolute atomic E-state index is 12.9. The van der Waals surface area contributed by atoms with Crippen molar-refractivity contribution in [3.8, 4) is 0 Å². The van der Waals surface area contributed by atoms with Crippen molar-refractivity contribution in [3.63, 3.8) is 0 Å². The Morgan fingerprint density at radius 1 is 0.938 bits per heavy atom. The zero-order valence-corrected chi connectivity index (χ0v) is 19.6. The predicted octanol–water partition coefficient (Wildman–Crippen LogP) is 3.82. The van der Waals surface area contributed by atoms with Gasteiger partial charge >= 0.3 is 0 Å². The Labute approximate surface area is 194 Å². The molecule has 0 aromatic heterocycles. The summed E-state index contributed by atoms with van der Waals surface area (Å²) < 4.78 is 0. The molecule has 1 N–H and O–H groups in total. The third-order valence-electron chi connectivity index (χ3n) is 5.48. The molecule has 1 heterocycles. The molecule has 7 heteroatoms. The van der Waals surface area contributed by atoms with E-state index in [1.165, 1.54) is 24.2 Å². The molecule has 1 saturated heterocycles. The van der Waals surface area contributed by atoms with E-state index in [4.69, 9.17) is 0 Å². The van der Waals surface area contributed by atoms with E-state index >= 15 is 0 Å². The molecule has 1 aliphatic heterocycles. The third kappa shape index (κ3) is 7.12. The molecule has 1 fully saturated rings. The highest BCUT2D eigenvalue weighted by atomic mass is 32.2. The van der Waals surface area contributed by atoms with Gasteiger partial charge in [-0.15, -0.1) is 11.8 Å². The quantitative estimate of drug-likeness (QED) is 0.617. The van der Waals surface area contributed by atoms with Crippen LogP contribution in [0.5, 0.6) is 0 Å². The van der Waals surface area contributed by atoms with E-state index in [-0.39, 0.29) is 23.0 Å². The molecule has 0 bridgehead atoms. The number of rotatable bonds is 8. The minimum atomic E-state index is -0.213. The van der Waals surface area contributed by atoms with Crippen LogP contribution >= 0.6 is 11.8 Å². The van der Waals surface area contributed by atoms with Crippen LogP contribution < -0.4 is 5.32 Å². The lowest BCUT2D eigenvalue weighted by molar-refractivity contribution is -0.139. The van der Waals surface area contributed by atoms with Gasteiger partial charge in [0, 0.05) is 50.1 Å². The minimum absolute atomic E-state index is 0.0946. The van der Waals surface area contributed by atoms with Gasteiger partial charge in [0.05, 0.1) is 5.25 Å². The largest absolute Gasteiger partial charge is 0.339 e. The van der Waals surface area contributed by atoms with Gasteiger partial charge in [-0.2, -0.15) is 0 Å². The van der Waals surface area contributed by atoms with E-state index in [0.717, 1.165) is 23.4 Å². The van der Waals surface area contributed by atoms with Crippen molar-refractivity contribution >= 4 is 35.2 Å². The molecule has 0 spiro atoms. The number of hydrogen-bond donors (Lipinski definition) is 1. The Kier molecular flexibility index (Phi) is 8.73. The Hall–Kier alpha value is -2.80. The average Bonchev–Trinajstić information content (AvgIpc) is 2.80. The molecule has 0 aliphatic carbocycles. The number of piperazine rings is 1. The van der Waals surface area contributed by atoms with Crippen LogP contribution in [0.2, 0.25) is 0 Å². The van der Waals surface area contributed by atoms with Gasteiger partial charge in [-0.3, -0.25) is 14.4 Å². The van der Waals surface area contributed by atoms with Crippen molar-refractivity contribution in [1.82, 2.24) is 9.80 Å². The first-order valence-electron chi connectivity index (χ1n) is 11.1. The van der Waals surface area contributed by atoms with Crippen LogP contribution in [0, 0.1) is 0 Å². The van der Waals surface area contributed by atoms with Crippen LogP contribution in [-0.2, 0) is 20.8 Å². The molecular formula is C25H31N3O3S. The van der Waals surface area contributed by atoms with Gasteiger partial charge in [-0.25, -0.2) is 0 Å². The molecule has 0 saturated carbocycles. The molecule has 1 atom stereocenters. The summed E-state index contributed by atoms with van der Waals surface area (Å²) in [7, 11) is 0. The zero-order chi connectivity index (χ0) is 22.9. The van der Waals surface area contributed by atoms with Crippen LogP contribution in [0.25, 0.3) is 0 Å². The molecule has 2 aromatic carbocycles. The van der Waals surface area contributed by atoms with E-state index in [0.29, 0.717) is 32.6 Å². The fourth-order valence-corrected chi connectivity index (χ4v) is 4.71. The summed E-state index contributed by atoms with van der Waals surface area (Å²) in [6, 6.07) is 17.7. The van der Waals surface area contributed by atoms with Crippen LogP contribution in [0.3, 0.4) is 0 Å². The summed E-state index contributed by atoms with van der Waals surface area (Å²) in [5.74, 6) is 0.162. The summed E-state index contributed by atoms with van der Waals surface area (Å²) >= 11 is 1.50. The molecule has 0 radical (unpaired) electrons. The van der Waals surface area contributed by atoms with Crippen molar-refractivity contribution in [2.75, 3.05) is 31.5 Å². The van der Waals surface area contributed by atoms with Gasteiger partial charge < -0.3 is 15.1 Å². The van der Waals surface area contributed by atoms with Gasteiger partial charge in [0.25, 0.3) is 0 Å². The first-order valence-corrected chi connectivity index (χ1v) is 11.9. The first-order chi connectivity index (χ1) is 15.4. The number of nitrogens with one attached hydrogen (secondary N) is 1. The van der Waals surface area contributed by atoms with Gasteiger partial charge in [-0.05, 0) is 49.6 Å². The molecule has 1 aliphatic rings. The molecule has 1 unspecified atom stereocenters. The molecule has 6 nitrogen and oxygen atoms in total. The summed E-state index contributed by atoms with van der Waals surface area (Å²) in [4.78, 5) is 41.2. The van der Waals surface area contributed by atoms with E-state index in [9.17, 15) is 14.4 Å². The first kappa shape index (κ1) is 23.9. The van der Waals surface area contributed by atoms with Crippen LogP contribution in [0.15, 0.2) is 59.5 Å². The lowest BCUT2D eigenvalue weighted by Crippen LogP contribution is -2.52. The fourth-order valence-electron chi connectivity index (χ4n) is 3.75. The number of carbonyl (C=O) groups excluding carboxylic acids is 3. The molecule has 32 heavy (non-hydrogen) atoms. The van der Waals surface area contributed by atoms with Gasteiger partial charge in [-0.1, -0.05) is 30.3 Å². The van der Waals surface area contributed by atoms with E-state index in [1.807, 2.05) is 59.2 Å². The Morgan fingerprint density at radius 3 is 2.19 bits per heavy atom. The molecular weight excluding hydrogens is 422 g/mol.